The maximum Gasteiger partial charge on any atom is 0.237 e. The monoisotopic (exact) mass is 251 g/mol. The molecule has 1 unspecified atom stereocenters. The summed E-state index contributed by atoms with van der Waals surface area (Å²) in [6, 6.07) is 4.64. The SMILES string of the molecule is CCC1C(=O)NCCN1Cc1cccc(F)c1N. The van der Waals surface area contributed by atoms with E-state index >= 15 is 0 Å². The van der Waals surface area contributed by atoms with Crippen molar-refractivity contribution in [3.05, 3.63) is 29.6 Å². The Morgan fingerprint density at radius 1 is 1.56 bits per heavy atom. The molecular weight excluding hydrogens is 233 g/mol. The van der Waals surface area contributed by atoms with E-state index < -0.39 is 5.82 Å². The van der Waals surface area contributed by atoms with Gasteiger partial charge in [0.05, 0.1) is 11.7 Å². The molecule has 1 atom stereocenters. The molecule has 0 bridgehead atoms. The molecule has 0 saturated carbocycles. The van der Waals surface area contributed by atoms with Gasteiger partial charge in [-0.05, 0) is 18.1 Å². The number of carbonyl (C=O) groups is 1. The number of anilines is 1. The molecule has 0 aliphatic carbocycles. The zero-order chi connectivity index (χ0) is 13.1. The number of nitrogens with zero attached hydrogens (tertiary/aromatic N) is 1. The second kappa shape index (κ2) is 5.35. The van der Waals surface area contributed by atoms with Crippen LogP contribution >= 0.6 is 0 Å². The highest BCUT2D eigenvalue weighted by Crippen LogP contribution is 2.20. The van der Waals surface area contributed by atoms with E-state index in [-0.39, 0.29) is 17.6 Å². The summed E-state index contributed by atoms with van der Waals surface area (Å²) in [7, 11) is 0. The molecule has 3 N–H and O–H groups in total. The van der Waals surface area contributed by atoms with Gasteiger partial charge in [-0.25, -0.2) is 4.39 Å². The van der Waals surface area contributed by atoms with Crippen molar-refractivity contribution >= 4 is 11.6 Å². The maximum atomic E-state index is 13.4. The van der Waals surface area contributed by atoms with E-state index in [1.54, 1.807) is 12.1 Å². The Morgan fingerprint density at radius 3 is 3.06 bits per heavy atom. The number of hydrogen-bond acceptors (Lipinski definition) is 3. The normalized spacial score (nSPS) is 20.8. The number of nitrogens with two attached hydrogens (primary N) is 1. The molecule has 1 aliphatic rings. The second-order valence-corrected chi connectivity index (χ2v) is 4.50. The van der Waals surface area contributed by atoms with E-state index in [2.05, 4.69) is 5.32 Å². The van der Waals surface area contributed by atoms with Crippen molar-refractivity contribution in [2.75, 3.05) is 18.8 Å². The van der Waals surface area contributed by atoms with Gasteiger partial charge in [-0.2, -0.15) is 0 Å². The van der Waals surface area contributed by atoms with Crippen molar-refractivity contribution in [1.29, 1.82) is 0 Å². The summed E-state index contributed by atoms with van der Waals surface area (Å²) in [4.78, 5) is 13.8. The summed E-state index contributed by atoms with van der Waals surface area (Å²) in [5.74, 6) is -0.360. The lowest BCUT2D eigenvalue weighted by Gasteiger charge is -2.34. The number of piperazine rings is 1. The molecule has 0 radical (unpaired) electrons. The first kappa shape index (κ1) is 12.8. The summed E-state index contributed by atoms with van der Waals surface area (Å²) in [5, 5.41) is 2.84. The summed E-state index contributed by atoms with van der Waals surface area (Å²) in [6.07, 6.45) is 0.737. The van der Waals surface area contributed by atoms with E-state index in [1.807, 2.05) is 11.8 Å². The van der Waals surface area contributed by atoms with Crippen LogP contribution in [0.4, 0.5) is 10.1 Å². The fourth-order valence-corrected chi connectivity index (χ4v) is 2.33. The second-order valence-electron chi connectivity index (χ2n) is 4.50. The number of halogens is 1. The van der Waals surface area contributed by atoms with Crippen LogP contribution in [0.5, 0.6) is 0 Å². The summed E-state index contributed by atoms with van der Waals surface area (Å²) in [5.41, 5.74) is 6.64. The molecule has 1 heterocycles. The van der Waals surface area contributed by atoms with Crippen LogP contribution in [-0.4, -0.2) is 29.9 Å². The largest absolute Gasteiger partial charge is 0.396 e. The number of benzene rings is 1. The Labute approximate surface area is 106 Å². The zero-order valence-electron chi connectivity index (χ0n) is 10.4. The van der Waals surface area contributed by atoms with Gasteiger partial charge >= 0.3 is 0 Å². The average molecular weight is 251 g/mol. The summed E-state index contributed by atoms with van der Waals surface area (Å²) < 4.78 is 13.4. The van der Waals surface area contributed by atoms with E-state index in [0.717, 1.165) is 18.5 Å². The van der Waals surface area contributed by atoms with Crippen molar-refractivity contribution in [3.8, 4) is 0 Å². The lowest BCUT2D eigenvalue weighted by atomic mass is 10.1. The molecule has 18 heavy (non-hydrogen) atoms. The Bertz CT molecular complexity index is 450. The number of amides is 1. The van der Waals surface area contributed by atoms with E-state index in [1.165, 1.54) is 6.07 Å². The lowest BCUT2D eigenvalue weighted by molar-refractivity contribution is -0.129. The van der Waals surface area contributed by atoms with Crippen LogP contribution in [0.15, 0.2) is 18.2 Å². The predicted molar refractivity (Wildman–Crippen MR) is 68.3 cm³/mol. The molecule has 0 spiro atoms. The van der Waals surface area contributed by atoms with Gasteiger partial charge in [-0.1, -0.05) is 19.1 Å². The Morgan fingerprint density at radius 2 is 2.33 bits per heavy atom. The van der Waals surface area contributed by atoms with Crippen LogP contribution in [-0.2, 0) is 11.3 Å². The fourth-order valence-electron chi connectivity index (χ4n) is 2.33. The molecule has 5 heteroatoms. The third-order valence-electron chi connectivity index (χ3n) is 3.35. The summed E-state index contributed by atoms with van der Waals surface area (Å²) in [6.45, 7) is 3.87. The first-order valence-corrected chi connectivity index (χ1v) is 6.18. The molecule has 1 aliphatic heterocycles. The Kier molecular flexibility index (Phi) is 3.81. The van der Waals surface area contributed by atoms with Gasteiger partial charge in [0.25, 0.3) is 0 Å². The molecule has 2 rings (SSSR count). The standard InChI is InChI=1S/C13H18FN3O/c1-2-11-13(18)16-6-7-17(11)8-9-4-3-5-10(14)12(9)15/h3-5,11H,2,6-8,15H2,1H3,(H,16,18). The van der Waals surface area contributed by atoms with Gasteiger partial charge in [0.2, 0.25) is 5.91 Å². The quantitative estimate of drug-likeness (QED) is 0.791. The molecule has 1 saturated heterocycles. The Balaban J connectivity index is 2.17. The smallest absolute Gasteiger partial charge is 0.237 e. The number of carbonyl (C=O) groups excluding carboxylic acids is 1. The molecular formula is C13H18FN3O. The average Bonchev–Trinajstić information content (AvgIpc) is 2.35. The fraction of sp³-hybridized carbons (Fsp3) is 0.462. The Hall–Kier alpha value is -1.62. The first-order chi connectivity index (χ1) is 8.63. The van der Waals surface area contributed by atoms with Crippen LogP contribution in [0.25, 0.3) is 0 Å². The molecule has 4 nitrogen and oxygen atoms in total. The van der Waals surface area contributed by atoms with Crippen molar-refractivity contribution in [2.45, 2.75) is 25.9 Å². The highest BCUT2D eigenvalue weighted by atomic mass is 19.1. The molecule has 1 aromatic rings. The minimum absolute atomic E-state index is 0.0405. The van der Waals surface area contributed by atoms with Gasteiger partial charge in [0, 0.05) is 19.6 Å². The van der Waals surface area contributed by atoms with Gasteiger partial charge in [-0.15, -0.1) is 0 Å². The first-order valence-electron chi connectivity index (χ1n) is 6.18. The van der Waals surface area contributed by atoms with Crippen molar-refractivity contribution in [2.24, 2.45) is 0 Å². The van der Waals surface area contributed by atoms with Crippen LogP contribution in [0.2, 0.25) is 0 Å². The van der Waals surface area contributed by atoms with Crippen LogP contribution in [0.3, 0.4) is 0 Å². The molecule has 1 aromatic carbocycles. The third-order valence-corrected chi connectivity index (χ3v) is 3.35. The van der Waals surface area contributed by atoms with Gasteiger partial charge in [0.1, 0.15) is 5.82 Å². The molecule has 1 fully saturated rings. The van der Waals surface area contributed by atoms with Crippen LogP contribution in [0.1, 0.15) is 18.9 Å². The predicted octanol–water partition coefficient (Wildman–Crippen LogP) is 1.12. The molecule has 1 amide bonds. The van der Waals surface area contributed by atoms with Gasteiger partial charge in [-0.3, -0.25) is 9.69 Å². The van der Waals surface area contributed by atoms with Crippen molar-refractivity contribution < 1.29 is 9.18 Å². The van der Waals surface area contributed by atoms with E-state index in [9.17, 15) is 9.18 Å². The summed E-state index contributed by atoms with van der Waals surface area (Å²) >= 11 is 0. The number of nitrogens with one attached hydrogen (secondary N) is 1. The minimum atomic E-state index is -0.401. The topological polar surface area (TPSA) is 58.4 Å². The number of hydrogen-bond donors (Lipinski definition) is 2. The highest BCUT2D eigenvalue weighted by Gasteiger charge is 2.28. The van der Waals surface area contributed by atoms with Crippen LogP contribution < -0.4 is 11.1 Å². The van der Waals surface area contributed by atoms with E-state index in [4.69, 9.17) is 5.73 Å². The lowest BCUT2D eigenvalue weighted by Crippen LogP contribution is -2.54. The highest BCUT2D eigenvalue weighted by molar-refractivity contribution is 5.82. The van der Waals surface area contributed by atoms with Crippen molar-refractivity contribution in [3.63, 3.8) is 0 Å². The van der Waals surface area contributed by atoms with Crippen LogP contribution in [0, 0.1) is 5.82 Å². The number of nitrogen functional groups attached to an aromatic ring is 1. The zero-order valence-corrected chi connectivity index (χ0v) is 10.4. The maximum absolute atomic E-state index is 13.4. The van der Waals surface area contributed by atoms with Crippen molar-refractivity contribution in [1.82, 2.24) is 10.2 Å². The van der Waals surface area contributed by atoms with E-state index in [0.29, 0.717) is 13.1 Å². The van der Waals surface area contributed by atoms with Gasteiger partial charge < -0.3 is 11.1 Å². The molecule has 98 valence electrons. The number of para-hydroxylation sites is 1. The number of rotatable bonds is 3. The third kappa shape index (κ3) is 2.46. The molecule has 0 aromatic heterocycles. The van der Waals surface area contributed by atoms with Gasteiger partial charge in [0.15, 0.2) is 0 Å². The minimum Gasteiger partial charge on any atom is -0.396 e.